The molecule has 0 bridgehead atoms. The summed E-state index contributed by atoms with van der Waals surface area (Å²) in [7, 11) is 4.24. The second-order valence-electron chi connectivity index (χ2n) is 3.26. The van der Waals surface area contributed by atoms with Crippen molar-refractivity contribution in [3.05, 3.63) is 0 Å². The maximum absolute atomic E-state index is 11.4. The number of hydrogen-bond acceptors (Lipinski definition) is 5. The van der Waals surface area contributed by atoms with Gasteiger partial charge in [-0.25, -0.2) is 4.79 Å². The SMILES string of the molecule is N[C@@H](CCCCNP)C(=O)NCC(=O)OP. The second kappa shape index (κ2) is 9.91. The van der Waals surface area contributed by atoms with Gasteiger partial charge in [0.2, 0.25) is 5.91 Å². The lowest BCUT2D eigenvalue weighted by Gasteiger charge is -2.11. The first kappa shape index (κ1) is 15.7. The van der Waals surface area contributed by atoms with Gasteiger partial charge in [0, 0.05) is 0 Å². The molecule has 0 heterocycles. The Morgan fingerprint density at radius 2 is 2.06 bits per heavy atom. The van der Waals surface area contributed by atoms with Crippen LogP contribution in [0.25, 0.3) is 0 Å². The van der Waals surface area contributed by atoms with E-state index in [4.69, 9.17) is 5.73 Å². The average molecular weight is 267 g/mol. The zero-order valence-corrected chi connectivity index (χ0v) is 11.4. The maximum Gasteiger partial charge on any atom is 0.327 e. The normalized spacial score (nSPS) is 11.9. The molecule has 1 amide bonds. The summed E-state index contributed by atoms with van der Waals surface area (Å²) in [5.74, 6) is -0.841. The first-order valence-corrected chi connectivity index (χ1v) is 6.03. The third-order valence-corrected chi connectivity index (χ3v) is 2.51. The maximum atomic E-state index is 11.4. The van der Waals surface area contributed by atoms with Gasteiger partial charge in [-0.3, -0.25) is 4.79 Å². The number of carbonyl (C=O) groups is 2. The fourth-order valence-corrected chi connectivity index (χ4v) is 1.34. The molecule has 2 unspecified atom stereocenters. The molecule has 0 saturated heterocycles. The van der Waals surface area contributed by atoms with Crippen molar-refractivity contribution in [2.75, 3.05) is 13.1 Å². The molecule has 0 aromatic rings. The molecule has 0 aliphatic rings. The number of hydrogen-bond donors (Lipinski definition) is 3. The smallest absolute Gasteiger partial charge is 0.327 e. The Balaban J connectivity index is 3.61. The van der Waals surface area contributed by atoms with Gasteiger partial charge in [0.25, 0.3) is 0 Å². The molecule has 0 saturated carbocycles. The zero-order chi connectivity index (χ0) is 12.4. The molecule has 4 N–H and O–H groups in total. The van der Waals surface area contributed by atoms with E-state index in [9.17, 15) is 9.59 Å². The Bertz CT molecular complexity index is 229. The van der Waals surface area contributed by atoms with Crippen LogP contribution in [0.15, 0.2) is 0 Å². The molecule has 3 atom stereocenters. The lowest BCUT2D eigenvalue weighted by molar-refractivity contribution is -0.134. The molecule has 0 rings (SSSR count). The highest BCUT2D eigenvalue weighted by molar-refractivity contribution is 7.13. The fraction of sp³-hybridized carbons (Fsp3) is 0.750. The summed E-state index contributed by atoms with van der Waals surface area (Å²) in [6.45, 7) is 0.724. The van der Waals surface area contributed by atoms with Gasteiger partial charge < -0.3 is 20.7 Å². The van der Waals surface area contributed by atoms with E-state index >= 15 is 0 Å². The minimum Gasteiger partial charge on any atom is -0.450 e. The Kier molecular flexibility index (Phi) is 9.74. The molecule has 6 nitrogen and oxygen atoms in total. The lowest BCUT2D eigenvalue weighted by atomic mass is 10.1. The zero-order valence-electron chi connectivity index (χ0n) is 9.07. The van der Waals surface area contributed by atoms with Crippen molar-refractivity contribution in [2.24, 2.45) is 5.73 Å². The van der Waals surface area contributed by atoms with E-state index in [0.717, 1.165) is 19.4 Å². The van der Waals surface area contributed by atoms with Gasteiger partial charge in [-0.2, -0.15) is 0 Å². The van der Waals surface area contributed by atoms with Gasteiger partial charge in [-0.1, -0.05) is 15.8 Å². The third-order valence-electron chi connectivity index (χ3n) is 1.96. The molecule has 0 aliphatic carbocycles. The Morgan fingerprint density at radius 3 is 2.62 bits per heavy atom. The summed E-state index contributed by atoms with van der Waals surface area (Å²) < 4.78 is 4.31. The van der Waals surface area contributed by atoms with E-state index in [-0.39, 0.29) is 12.5 Å². The van der Waals surface area contributed by atoms with E-state index in [1.807, 2.05) is 9.47 Å². The Hall–Kier alpha value is -0.280. The van der Waals surface area contributed by atoms with Gasteiger partial charge in [0.1, 0.15) is 6.54 Å². The van der Waals surface area contributed by atoms with E-state index in [1.165, 1.54) is 0 Å². The number of nitrogens with one attached hydrogen (secondary N) is 2. The minimum atomic E-state index is -0.568. The summed E-state index contributed by atoms with van der Waals surface area (Å²) in [5.41, 5.74) is 5.63. The van der Waals surface area contributed by atoms with E-state index in [1.54, 1.807) is 0 Å². The summed E-state index contributed by atoms with van der Waals surface area (Å²) in [5, 5.41) is 5.33. The predicted octanol–water partition coefficient (Wildman–Crippen LogP) is -0.687. The van der Waals surface area contributed by atoms with Crippen LogP contribution in [0.1, 0.15) is 19.3 Å². The highest BCUT2D eigenvalue weighted by Crippen LogP contribution is 1.99. The summed E-state index contributed by atoms with van der Waals surface area (Å²) in [6.07, 6.45) is 2.43. The standard InChI is InChI=1S/C8H19N3O3P2/c9-6(3-1-2-4-11-15)8(13)10-5-7(12)14-16/h6,11H,1-5,9,15-16H2,(H,10,13)/t6-/m0/s1. The van der Waals surface area contributed by atoms with Crippen LogP contribution in [0.3, 0.4) is 0 Å². The lowest BCUT2D eigenvalue weighted by Crippen LogP contribution is -2.42. The van der Waals surface area contributed by atoms with Crippen molar-refractivity contribution < 1.29 is 14.1 Å². The van der Waals surface area contributed by atoms with Crippen LogP contribution < -0.4 is 16.1 Å². The van der Waals surface area contributed by atoms with Gasteiger partial charge in [0.05, 0.1) is 15.5 Å². The monoisotopic (exact) mass is 267 g/mol. The number of carbonyl (C=O) groups excluding carboxylic acids is 2. The highest BCUT2D eigenvalue weighted by atomic mass is 31.0. The van der Waals surface area contributed by atoms with E-state index in [2.05, 4.69) is 24.3 Å². The third kappa shape index (κ3) is 7.94. The van der Waals surface area contributed by atoms with Crippen molar-refractivity contribution in [1.82, 2.24) is 10.4 Å². The van der Waals surface area contributed by atoms with Crippen molar-refractivity contribution in [3.63, 3.8) is 0 Å². The fourth-order valence-electron chi connectivity index (χ4n) is 1.05. The second-order valence-corrected chi connectivity index (χ2v) is 3.91. The van der Waals surface area contributed by atoms with E-state index < -0.39 is 12.0 Å². The van der Waals surface area contributed by atoms with Crippen LogP contribution in [0.2, 0.25) is 0 Å². The van der Waals surface area contributed by atoms with Gasteiger partial charge in [-0.05, 0) is 19.4 Å². The molecule has 8 heteroatoms. The molecule has 0 spiro atoms. The van der Waals surface area contributed by atoms with Crippen molar-refractivity contribution in [1.29, 1.82) is 0 Å². The first-order valence-electron chi connectivity index (χ1n) is 4.98. The molecular weight excluding hydrogens is 248 g/mol. The van der Waals surface area contributed by atoms with Crippen LogP contribution >= 0.6 is 18.9 Å². The molecule has 0 aromatic heterocycles. The molecule has 0 radical (unpaired) electrons. The minimum absolute atomic E-state index is 0.150. The van der Waals surface area contributed by atoms with Crippen LogP contribution in [0.5, 0.6) is 0 Å². The van der Waals surface area contributed by atoms with Crippen LogP contribution in [0.4, 0.5) is 0 Å². The first-order chi connectivity index (χ1) is 7.61. The topological polar surface area (TPSA) is 93.5 Å². The van der Waals surface area contributed by atoms with Crippen LogP contribution in [-0.2, 0) is 14.1 Å². The largest absolute Gasteiger partial charge is 0.450 e. The molecule has 94 valence electrons. The molecular formula is C8H19N3O3P2. The van der Waals surface area contributed by atoms with Crippen molar-refractivity contribution in [3.8, 4) is 0 Å². The summed E-state index contributed by atoms with van der Waals surface area (Å²) in [4.78, 5) is 22.1. The average Bonchev–Trinajstić information content (AvgIpc) is 2.30. The van der Waals surface area contributed by atoms with Crippen LogP contribution in [-0.4, -0.2) is 31.0 Å². The van der Waals surface area contributed by atoms with Gasteiger partial charge >= 0.3 is 5.97 Å². The molecule has 0 aliphatic heterocycles. The number of amides is 1. The molecule has 0 fully saturated rings. The summed E-state index contributed by atoms with van der Waals surface area (Å²) in [6, 6.07) is -0.568. The van der Waals surface area contributed by atoms with Gasteiger partial charge in [-0.15, -0.1) is 0 Å². The highest BCUT2D eigenvalue weighted by Gasteiger charge is 2.13. The Labute approximate surface area is 100.0 Å². The Morgan fingerprint density at radius 1 is 1.38 bits per heavy atom. The number of unbranched alkanes of at least 4 members (excludes halogenated alkanes) is 1. The molecule has 0 aromatic carbocycles. The molecule has 16 heavy (non-hydrogen) atoms. The van der Waals surface area contributed by atoms with Crippen LogP contribution in [0, 0.1) is 0 Å². The van der Waals surface area contributed by atoms with Crippen molar-refractivity contribution in [2.45, 2.75) is 25.3 Å². The number of nitrogens with two attached hydrogens (primary N) is 1. The quantitative estimate of drug-likeness (QED) is 0.400. The number of rotatable bonds is 8. The van der Waals surface area contributed by atoms with E-state index in [0.29, 0.717) is 6.42 Å². The predicted molar refractivity (Wildman–Crippen MR) is 68.4 cm³/mol. The van der Waals surface area contributed by atoms with Gasteiger partial charge in [0.15, 0.2) is 0 Å². The summed E-state index contributed by atoms with van der Waals surface area (Å²) >= 11 is 0. The van der Waals surface area contributed by atoms with Crippen molar-refractivity contribution >= 4 is 30.7 Å².